The summed E-state index contributed by atoms with van der Waals surface area (Å²) in [6.45, 7) is 2.27. The number of epoxide rings is 1. The molecule has 12 heteroatoms. The summed E-state index contributed by atoms with van der Waals surface area (Å²) in [6, 6.07) is 1.83. The van der Waals surface area contributed by atoms with Crippen molar-refractivity contribution in [2.75, 3.05) is 40.3 Å². The molecule has 11 nitrogen and oxygen atoms in total. The number of ether oxygens (including phenoxy) is 8. The molecule has 0 amide bonds. The van der Waals surface area contributed by atoms with Crippen LogP contribution >= 0.6 is 12.6 Å². The van der Waals surface area contributed by atoms with Crippen molar-refractivity contribution >= 4 is 29.2 Å². The summed E-state index contributed by atoms with van der Waals surface area (Å²) in [4.78, 5) is 13.1. The minimum absolute atomic E-state index is 0.0305. The van der Waals surface area contributed by atoms with Gasteiger partial charge < -0.3 is 48.1 Å². The van der Waals surface area contributed by atoms with E-state index >= 15 is 0 Å². The minimum atomic E-state index is -1.50. The van der Waals surface area contributed by atoms with Crippen molar-refractivity contribution in [3.8, 4) is 17.2 Å². The number of aliphatic hydroxyl groups is 1. The number of benzene rings is 2. The molecule has 4 heterocycles. The quantitative estimate of drug-likeness (QED) is 0.261. The van der Waals surface area contributed by atoms with E-state index in [4.69, 9.17) is 37.9 Å². The van der Waals surface area contributed by atoms with Crippen LogP contribution < -0.4 is 9.47 Å². The zero-order valence-electron chi connectivity index (χ0n) is 21.9. The highest BCUT2D eigenvalue weighted by Crippen LogP contribution is 2.72. The molecule has 0 radical (unpaired) electrons. The molecule has 1 aliphatic carbocycles. The van der Waals surface area contributed by atoms with Crippen molar-refractivity contribution in [2.45, 2.75) is 61.5 Å². The number of ketones is 1. The first-order valence-corrected chi connectivity index (χ1v) is 13.5. The van der Waals surface area contributed by atoms with Crippen LogP contribution in [0.5, 0.6) is 17.2 Å². The van der Waals surface area contributed by atoms with Crippen LogP contribution in [0, 0.1) is 6.92 Å². The fourth-order valence-electron chi connectivity index (χ4n) is 7.12. The maximum absolute atomic E-state index is 13.1. The summed E-state index contributed by atoms with van der Waals surface area (Å²) in [5.74, 6) is -2.58. The topological polar surface area (TPSA) is 135 Å². The molecule has 2 aromatic carbocycles. The van der Waals surface area contributed by atoms with E-state index in [1.807, 2.05) is 13.0 Å². The highest BCUT2D eigenvalue weighted by Gasteiger charge is 2.93. The predicted octanol–water partition coefficient (Wildman–Crippen LogP) is 2.46. The normalized spacial score (nSPS) is 35.5. The molecule has 3 unspecified atom stereocenters. The number of carbonyl (C=O) groups is 1. The van der Waals surface area contributed by atoms with E-state index in [0.717, 1.165) is 5.56 Å². The highest BCUT2D eigenvalue weighted by atomic mass is 32.1. The second-order valence-corrected chi connectivity index (χ2v) is 11.0. The van der Waals surface area contributed by atoms with Crippen molar-refractivity contribution in [2.24, 2.45) is 0 Å². The fourth-order valence-corrected chi connectivity index (χ4v) is 7.21. The molecule has 3 saturated heterocycles. The second kappa shape index (κ2) is 8.43. The van der Waals surface area contributed by atoms with Crippen LogP contribution in [0.2, 0.25) is 0 Å². The number of phenols is 1. The first kappa shape index (κ1) is 25.8. The number of methoxy groups -OCH3 is 3. The first-order chi connectivity index (χ1) is 18.8. The van der Waals surface area contributed by atoms with Crippen LogP contribution in [-0.2, 0) is 28.4 Å². The number of aliphatic hydroxyl groups excluding tert-OH is 1. The number of fused-ring (bicyclic) bond motifs is 8. The number of aromatic hydroxyl groups is 1. The Hall–Kier alpha value is -2.16. The molecule has 2 aromatic rings. The van der Waals surface area contributed by atoms with E-state index in [0.29, 0.717) is 22.5 Å². The molecular weight excluding hydrogens is 532 g/mol. The molecule has 2 N–H and O–H groups in total. The van der Waals surface area contributed by atoms with Gasteiger partial charge in [0.1, 0.15) is 23.4 Å². The summed E-state index contributed by atoms with van der Waals surface area (Å²) < 4.78 is 49.5. The van der Waals surface area contributed by atoms with Gasteiger partial charge in [-0.2, -0.15) is 12.6 Å². The number of rotatable bonds is 7. The fraction of sp³-hybridized carbons (Fsp3) is 0.593. The van der Waals surface area contributed by atoms with Crippen LogP contribution in [0.1, 0.15) is 52.1 Å². The Bertz CT molecular complexity index is 1400. The molecule has 2 bridgehead atoms. The third-order valence-corrected chi connectivity index (χ3v) is 8.90. The molecule has 3 fully saturated rings. The average Bonchev–Trinajstić information content (AvgIpc) is 3.59. The van der Waals surface area contributed by atoms with Crippen LogP contribution in [0.25, 0.3) is 10.8 Å². The van der Waals surface area contributed by atoms with Crippen molar-refractivity contribution in [3.63, 3.8) is 0 Å². The van der Waals surface area contributed by atoms with Crippen LogP contribution in [-0.4, -0.2) is 85.9 Å². The third-order valence-electron chi connectivity index (χ3n) is 8.72. The number of carbonyl (C=O) groups excluding carboxylic acids is 1. The van der Waals surface area contributed by atoms with Crippen LogP contribution in [0.4, 0.5) is 0 Å². The van der Waals surface area contributed by atoms with Crippen LogP contribution in [0.15, 0.2) is 6.07 Å². The van der Waals surface area contributed by atoms with Crippen molar-refractivity contribution in [1.82, 2.24) is 0 Å². The minimum Gasteiger partial charge on any atom is -0.506 e. The standard InChI is InChI=1S/C27H30O11S/c1-11-9-12-16(19(30)17-13(28)5-6-14(29)18(17)20(12)31-2)21-15(11)22-23-26(36-21,34-7-8-39)25(10-35-25)27(37-22,38-23)24(32-3)33-4/h9,14,22-24,29-30,39H,5-8,10H2,1-4H3/t14-,22?,23?,25-,26+,27?/m0/s1. The third kappa shape index (κ3) is 2.86. The Balaban J connectivity index is 1.53. The number of phenolic OH excluding ortho intramolecular Hbond substituents is 1. The van der Waals surface area contributed by atoms with Gasteiger partial charge in [-0.3, -0.25) is 4.79 Å². The van der Waals surface area contributed by atoms with Gasteiger partial charge in [-0.25, -0.2) is 0 Å². The van der Waals surface area contributed by atoms with E-state index in [1.54, 1.807) is 0 Å². The number of aryl methyl sites for hydroxylation is 1. The van der Waals surface area contributed by atoms with Crippen molar-refractivity contribution in [1.29, 1.82) is 0 Å². The molecule has 210 valence electrons. The largest absolute Gasteiger partial charge is 0.506 e. The number of Topliss-reactive ketones (excluding diaryl/α,β-unsaturated/α-hetero) is 1. The lowest BCUT2D eigenvalue weighted by Crippen LogP contribution is -2.70. The number of thiol groups is 1. The van der Waals surface area contributed by atoms with Crippen molar-refractivity contribution < 1.29 is 52.9 Å². The Morgan fingerprint density at radius 3 is 2.59 bits per heavy atom. The Morgan fingerprint density at radius 2 is 1.95 bits per heavy atom. The molecule has 1 spiro atoms. The van der Waals surface area contributed by atoms with Gasteiger partial charge in [0, 0.05) is 42.9 Å². The van der Waals surface area contributed by atoms with Crippen LogP contribution in [0.3, 0.4) is 0 Å². The lowest BCUT2D eigenvalue weighted by Gasteiger charge is -2.49. The van der Waals surface area contributed by atoms with Gasteiger partial charge in [0.25, 0.3) is 11.6 Å². The Morgan fingerprint density at radius 1 is 1.21 bits per heavy atom. The summed E-state index contributed by atoms with van der Waals surface area (Å²) in [5, 5.41) is 23.2. The predicted molar refractivity (Wildman–Crippen MR) is 137 cm³/mol. The molecular formula is C27H30O11S. The molecule has 39 heavy (non-hydrogen) atoms. The maximum atomic E-state index is 13.1. The lowest BCUT2D eigenvalue weighted by atomic mass is 9.78. The lowest BCUT2D eigenvalue weighted by molar-refractivity contribution is -0.349. The molecule has 0 saturated carbocycles. The SMILES string of the molecule is COc1c2c(c(O)c3c4c(c(C)cc13)C1OC3(C(OC)OC)OC1[C@@](OCCS)(O4)[C@@]31CO1)C(=O)CC[C@@H]2O. The highest BCUT2D eigenvalue weighted by molar-refractivity contribution is 7.80. The van der Waals surface area contributed by atoms with E-state index in [1.165, 1.54) is 21.3 Å². The smallest absolute Gasteiger partial charge is 0.277 e. The summed E-state index contributed by atoms with van der Waals surface area (Å²) in [7, 11) is 4.44. The zero-order valence-corrected chi connectivity index (χ0v) is 22.8. The monoisotopic (exact) mass is 562 g/mol. The van der Waals surface area contributed by atoms with E-state index in [9.17, 15) is 15.0 Å². The molecule has 4 aliphatic heterocycles. The zero-order chi connectivity index (χ0) is 27.5. The van der Waals surface area contributed by atoms with E-state index in [2.05, 4.69) is 12.6 Å². The first-order valence-electron chi connectivity index (χ1n) is 12.9. The van der Waals surface area contributed by atoms with Gasteiger partial charge in [-0.1, -0.05) is 0 Å². The van der Waals surface area contributed by atoms with Gasteiger partial charge in [-0.05, 0) is 25.0 Å². The second-order valence-electron chi connectivity index (χ2n) is 10.5. The number of hydrogen-bond donors (Lipinski definition) is 3. The van der Waals surface area contributed by atoms with Crippen molar-refractivity contribution in [3.05, 3.63) is 28.3 Å². The molecule has 7 rings (SSSR count). The van der Waals surface area contributed by atoms with Gasteiger partial charge in [-0.15, -0.1) is 0 Å². The average molecular weight is 563 g/mol. The Labute approximate surface area is 229 Å². The van der Waals surface area contributed by atoms with E-state index in [-0.39, 0.29) is 59.9 Å². The molecule has 0 aromatic heterocycles. The summed E-state index contributed by atoms with van der Waals surface area (Å²) in [5.41, 5.74) is 0.461. The van der Waals surface area contributed by atoms with Gasteiger partial charge in [0.2, 0.25) is 11.9 Å². The van der Waals surface area contributed by atoms with Gasteiger partial charge >= 0.3 is 0 Å². The molecule has 5 aliphatic rings. The Kier molecular flexibility index (Phi) is 5.57. The number of hydrogen-bond acceptors (Lipinski definition) is 12. The molecule has 6 atom stereocenters. The van der Waals surface area contributed by atoms with Gasteiger partial charge in [0.05, 0.1) is 37.4 Å². The summed E-state index contributed by atoms with van der Waals surface area (Å²) >= 11 is 4.34. The maximum Gasteiger partial charge on any atom is 0.277 e. The van der Waals surface area contributed by atoms with Gasteiger partial charge in [0.15, 0.2) is 11.9 Å². The van der Waals surface area contributed by atoms with E-state index < -0.39 is 41.8 Å². The summed E-state index contributed by atoms with van der Waals surface area (Å²) in [6.07, 6.45) is -3.05.